The number of unbranched alkanes of at least 4 members (excludes halogenated alkanes) is 15. The maximum atomic E-state index is 12.4. The van der Waals surface area contributed by atoms with Crippen LogP contribution >= 0.6 is 0 Å². The molecule has 0 aliphatic carbocycles. The summed E-state index contributed by atoms with van der Waals surface area (Å²) < 4.78 is 12.1. The molecule has 0 rings (SSSR count). The molecule has 258 valence electrons. The van der Waals surface area contributed by atoms with Crippen LogP contribution in [-0.4, -0.2) is 61.0 Å². The van der Waals surface area contributed by atoms with Crippen LogP contribution in [0.2, 0.25) is 0 Å². The fraction of sp³-hybridized carbons (Fsp3) is 0.974. The van der Waals surface area contributed by atoms with Crippen molar-refractivity contribution in [2.75, 3.05) is 32.8 Å². The minimum Gasteiger partial charge on any atom is -0.462 e. The smallest absolute Gasteiger partial charge is 0.306 e. The zero-order valence-corrected chi connectivity index (χ0v) is 29.7. The molecule has 0 saturated heterocycles. The van der Waals surface area contributed by atoms with Gasteiger partial charge in [-0.1, -0.05) is 130 Å². The number of rotatable bonds is 35. The van der Waals surface area contributed by atoms with Gasteiger partial charge in [0.25, 0.3) is 0 Å². The van der Waals surface area contributed by atoms with E-state index in [1.807, 2.05) is 0 Å². The van der Waals surface area contributed by atoms with E-state index in [1.54, 1.807) is 0 Å². The maximum absolute atomic E-state index is 12.4. The topological polar surface area (TPSA) is 59.0 Å². The molecule has 1 N–H and O–H groups in total. The lowest BCUT2D eigenvalue weighted by Crippen LogP contribution is -2.29. The molecule has 0 radical (unpaired) electrons. The highest BCUT2D eigenvalue weighted by Crippen LogP contribution is 2.17. The van der Waals surface area contributed by atoms with Gasteiger partial charge in [0, 0.05) is 19.6 Å². The van der Waals surface area contributed by atoms with Crippen molar-refractivity contribution in [3.8, 4) is 0 Å². The Labute approximate surface area is 269 Å². The molecule has 0 aromatic heterocycles. The molecule has 0 aliphatic heterocycles. The van der Waals surface area contributed by atoms with Gasteiger partial charge in [-0.05, 0) is 70.9 Å². The Morgan fingerprint density at radius 1 is 0.535 bits per heavy atom. The van der Waals surface area contributed by atoms with Crippen LogP contribution < -0.4 is 0 Å². The summed E-state index contributed by atoms with van der Waals surface area (Å²) in [5, 5.41) is 9.50. The summed E-state index contributed by atoms with van der Waals surface area (Å²) in [5.74, 6) is 0.00825. The Morgan fingerprint density at radius 3 is 1.56 bits per heavy atom. The molecule has 0 spiro atoms. The summed E-state index contributed by atoms with van der Waals surface area (Å²) in [5.41, 5.74) is 0. The Hall–Kier alpha value is -0.650. The normalized spacial score (nSPS) is 13.1. The first-order valence-corrected chi connectivity index (χ1v) is 19.2. The van der Waals surface area contributed by atoms with E-state index in [9.17, 15) is 9.90 Å². The fourth-order valence-electron chi connectivity index (χ4n) is 5.93. The lowest BCUT2D eigenvalue weighted by Gasteiger charge is -2.21. The molecule has 43 heavy (non-hydrogen) atoms. The van der Waals surface area contributed by atoms with Crippen molar-refractivity contribution >= 4 is 5.97 Å². The Morgan fingerprint density at radius 2 is 1.00 bits per heavy atom. The highest BCUT2D eigenvalue weighted by Gasteiger charge is 2.14. The van der Waals surface area contributed by atoms with Gasteiger partial charge in [-0.15, -0.1) is 0 Å². The molecule has 0 saturated carbocycles. The number of aliphatic hydroxyl groups is 1. The maximum Gasteiger partial charge on any atom is 0.306 e. The molecule has 2 atom stereocenters. The summed E-state index contributed by atoms with van der Waals surface area (Å²) in [4.78, 5) is 14.8. The largest absolute Gasteiger partial charge is 0.462 e. The van der Waals surface area contributed by atoms with E-state index in [2.05, 4.69) is 32.6 Å². The van der Waals surface area contributed by atoms with Gasteiger partial charge in [0.1, 0.15) is 6.10 Å². The van der Waals surface area contributed by atoms with Crippen LogP contribution in [0.1, 0.15) is 195 Å². The minimum absolute atomic E-state index is 0.00825. The monoisotopic (exact) mass is 612 g/mol. The molecule has 0 amide bonds. The second kappa shape index (κ2) is 34.2. The van der Waals surface area contributed by atoms with Crippen molar-refractivity contribution in [2.45, 2.75) is 207 Å². The van der Waals surface area contributed by atoms with Crippen molar-refractivity contribution in [3.05, 3.63) is 0 Å². The van der Waals surface area contributed by atoms with Crippen molar-refractivity contribution in [2.24, 2.45) is 0 Å². The van der Waals surface area contributed by atoms with Gasteiger partial charge >= 0.3 is 5.97 Å². The quantitative estimate of drug-likeness (QED) is 0.0570. The third-order valence-corrected chi connectivity index (χ3v) is 8.81. The second-order valence-corrected chi connectivity index (χ2v) is 13.1. The summed E-state index contributed by atoms with van der Waals surface area (Å²) in [6, 6.07) is 0. The lowest BCUT2D eigenvalue weighted by atomic mass is 10.1. The fourth-order valence-corrected chi connectivity index (χ4v) is 5.93. The van der Waals surface area contributed by atoms with Crippen molar-refractivity contribution in [1.29, 1.82) is 0 Å². The zero-order valence-electron chi connectivity index (χ0n) is 29.7. The molecule has 0 fully saturated rings. The van der Waals surface area contributed by atoms with Crippen molar-refractivity contribution in [3.63, 3.8) is 0 Å². The summed E-state index contributed by atoms with van der Waals surface area (Å²) in [6.07, 6.45) is 31.3. The van der Waals surface area contributed by atoms with Gasteiger partial charge in [0.15, 0.2) is 0 Å². The van der Waals surface area contributed by atoms with Crippen molar-refractivity contribution in [1.82, 2.24) is 4.90 Å². The third kappa shape index (κ3) is 29.8. The molecule has 0 aliphatic rings. The number of aliphatic hydroxyl groups excluding tert-OH is 1. The first kappa shape index (κ1) is 42.3. The summed E-state index contributed by atoms with van der Waals surface area (Å²) >= 11 is 0. The van der Waals surface area contributed by atoms with E-state index >= 15 is 0 Å². The Bertz CT molecular complexity index is 558. The van der Waals surface area contributed by atoms with Crippen LogP contribution in [0.15, 0.2) is 0 Å². The highest BCUT2D eigenvalue weighted by atomic mass is 16.5. The number of hydrogen-bond donors (Lipinski definition) is 1. The Kier molecular flexibility index (Phi) is 33.7. The molecule has 0 bridgehead atoms. The van der Waals surface area contributed by atoms with E-state index in [0.717, 1.165) is 64.8 Å². The van der Waals surface area contributed by atoms with Gasteiger partial charge in [-0.25, -0.2) is 0 Å². The second-order valence-electron chi connectivity index (χ2n) is 13.1. The number of carbonyl (C=O) groups excluding carboxylic acids is 1. The predicted octanol–water partition coefficient (Wildman–Crippen LogP) is 10.8. The van der Waals surface area contributed by atoms with E-state index < -0.39 is 0 Å². The van der Waals surface area contributed by atoms with Gasteiger partial charge in [-0.3, -0.25) is 4.79 Å². The summed E-state index contributed by atoms with van der Waals surface area (Å²) in [6.45, 7) is 13.1. The Balaban J connectivity index is 3.85. The molecule has 0 aromatic carbocycles. The summed E-state index contributed by atoms with van der Waals surface area (Å²) in [7, 11) is 0. The van der Waals surface area contributed by atoms with Gasteiger partial charge in [0.05, 0.1) is 12.7 Å². The number of ether oxygens (including phenoxy) is 2. The van der Waals surface area contributed by atoms with E-state index in [1.165, 1.54) is 122 Å². The number of nitrogens with zero attached hydrogens (tertiary/aromatic N) is 1. The van der Waals surface area contributed by atoms with Crippen LogP contribution in [-0.2, 0) is 14.3 Å². The number of hydrogen-bond acceptors (Lipinski definition) is 5. The molecule has 2 unspecified atom stereocenters. The average molecular weight is 612 g/mol. The van der Waals surface area contributed by atoms with Crippen LogP contribution in [0.4, 0.5) is 0 Å². The molecular formula is C38H77NO4. The van der Waals surface area contributed by atoms with Crippen LogP contribution in [0, 0.1) is 0 Å². The van der Waals surface area contributed by atoms with Crippen LogP contribution in [0.5, 0.6) is 0 Å². The zero-order chi connectivity index (χ0) is 31.6. The van der Waals surface area contributed by atoms with Gasteiger partial charge in [-0.2, -0.15) is 0 Å². The van der Waals surface area contributed by atoms with E-state index in [0.29, 0.717) is 12.5 Å². The predicted molar refractivity (Wildman–Crippen MR) is 186 cm³/mol. The molecule has 5 nitrogen and oxygen atoms in total. The first-order chi connectivity index (χ1) is 21.1. The standard InChI is InChI=1S/C38H77NO4/c1-5-9-20-28-36(26-11-7-3)42-35-25-19-14-13-17-23-31-39(33-34-40)32-24-18-15-16-22-30-38(41)43-37(27-12-8-4)29-21-10-6-2/h36-37,40H,5-35H2,1-4H3. The molecule has 0 aromatic rings. The lowest BCUT2D eigenvalue weighted by molar-refractivity contribution is -0.150. The molecule has 5 heteroatoms. The third-order valence-electron chi connectivity index (χ3n) is 8.81. The molecular weight excluding hydrogens is 534 g/mol. The van der Waals surface area contributed by atoms with Crippen molar-refractivity contribution < 1.29 is 19.4 Å². The minimum atomic E-state index is 0.00825. The van der Waals surface area contributed by atoms with Crippen LogP contribution in [0.3, 0.4) is 0 Å². The van der Waals surface area contributed by atoms with Crippen LogP contribution in [0.25, 0.3) is 0 Å². The SMILES string of the molecule is CCCCCC(CCCC)OCCCCCCCCN(CCO)CCCCCCCC(=O)OC(CCCC)CCCCC. The van der Waals surface area contributed by atoms with Gasteiger partial charge < -0.3 is 19.5 Å². The number of esters is 1. The van der Waals surface area contributed by atoms with E-state index in [4.69, 9.17) is 9.47 Å². The van der Waals surface area contributed by atoms with Gasteiger partial charge in [0.2, 0.25) is 0 Å². The average Bonchev–Trinajstić information content (AvgIpc) is 3.00. The first-order valence-electron chi connectivity index (χ1n) is 19.2. The highest BCUT2D eigenvalue weighted by molar-refractivity contribution is 5.69. The number of carbonyl (C=O) groups is 1. The van der Waals surface area contributed by atoms with E-state index in [-0.39, 0.29) is 18.7 Å². The molecule has 0 heterocycles.